The van der Waals surface area contributed by atoms with Crippen molar-refractivity contribution >= 4 is 31.8 Å². The molecule has 0 saturated heterocycles. The zero-order valence-electron chi connectivity index (χ0n) is 14.7. The Morgan fingerprint density at radius 3 is 2.75 bits per heavy atom. The Morgan fingerprint density at radius 1 is 1.25 bits per heavy atom. The van der Waals surface area contributed by atoms with Crippen molar-refractivity contribution in [2.45, 2.75) is 19.7 Å². The third-order valence-electron chi connectivity index (χ3n) is 4.19. The van der Waals surface area contributed by atoms with E-state index >= 15 is 0 Å². The van der Waals surface area contributed by atoms with Crippen molar-refractivity contribution in [2.75, 3.05) is 7.11 Å². The number of hydrogen-bond acceptors (Lipinski definition) is 6. The van der Waals surface area contributed by atoms with Crippen LogP contribution in [0.25, 0.3) is 26.1 Å². The average molecular weight is 406 g/mol. The van der Waals surface area contributed by atoms with Gasteiger partial charge in [0.05, 0.1) is 17.9 Å². The van der Waals surface area contributed by atoms with Gasteiger partial charge in [-0.2, -0.15) is 17.9 Å². The first-order valence-corrected chi connectivity index (χ1v) is 8.96. The predicted octanol–water partition coefficient (Wildman–Crippen LogP) is 3.86. The maximum Gasteiger partial charge on any atom is 0.416 e. The lowest BCUT2D eigenvalue weighted by Crippen LogP contribution is -2.22. The van der Waals surface area contributed by atoms with Crippen LogP contribution >= 0.6 is 11.3 Å². The van der Waals surface area contributed by atoms with Gasteiger partial charge in [0.2, 0.25) is 0 Å². The van der Waals surface area contributed by atoms with Crippen LogP contribution in [0.4, 0.5) is 13.2 Å². The molecule has 6 nitrogen and oxygen atoms in total. The van der Waals surface area contributed by atoms with Crippen molar-refractivity contribution in [3.63, 3.8) is 0 Å². The zero-order chi connectivity index (χ0) is 20.1. The van der Waals surface area contributed by atoms with Crippen molar-refractivity contribution in [3.05, 3.63) is 57.5 Å². The van der Waals surface area contributed by atoms with Gasteiger partial charge >= 0.3 is 6.18 Å². The molecule has 144 valence electrons. The summed E-state index contributed by atoms with van der Waals surface area (Å²) in [5.74, 6) is 0. The normalized spacial score (nSPS) is 12.2. The van der Waals surface area contributed by atoms with E-state index in [4.69, 9.17) is 4.74 Å². The fourth-order valence-electron chi connectivity index (χ4n) is 3.01. The zero-order valence-corrected chi connectivity index (χ0v) is 15.6. The molecule has 10 heteroatoms. The first-order chi connectivity index (χ1) is 13.3. The molecule has 3 heterocycles. The van der Waals surface area contributed by atoms with Crippen LogP contribution in [0.3, 0.4) is 0 Å². The third-order valence-corrected chi connectivity index (χ3v) is 5.25. The smallest absolute Gasteiger partial charge is 0.380 e. The SMILES string of the molecule is COCc1cc(C)nc2sc3c(=O)n(-c4cccc(C(F)(F)F)c4)nnc3c12. The number of aromatic nitrogens is 4. The van der Waals surface area contributed by atoms with Gasteiger partial charge in [0.15, 0.2) is 0 Å². The highest BCUT2D eigenvalue weighted by Crippen LogP contribution is 2.33. The summed E-state index contributed by atoms with van der Waals surface area (Å²) in [5, 5.41) is 8.66. The van der Waals surface area contributed by atoms with Crippen molar-refractivity contribution in [1.29, 1.82) is 0 Å². The molecule has 0 bridgehead atoms. The van der Waals surface area contributed by atoms with E-state index in [2.05, 4.69) is 15.3 Å². The van der Waals surface area contributed by atoms with Crippen LogP contribution in [-0.4, -0.2) is 27.1 Å². The predicted molar refractivity (Wildman–Crippen MR) is 98.8 cm³/mol. The lowest BCUT2D eigenvalue weighted by molar-refractivity contribution is -0.137. The summed E-state index contributed by atoms with van der Waals surface area (Å²) in [5.41, 5.74) is 0.530. The van der Waals surface area contributed by atoms with E-state index in [1.807, 2.05) is 13.0 Å². The van der Waals surface area contributed by atoms with E-state index in [1.54, 1.807) is 7.11 Å². The number of aryl methyl sites for hydroxylation is 1. The van der Waals surface area contributed by atoms with E-state index in [1.165, 1.54) is 12.1 Å². The molecular weight excluding hydrogens is 393 g/mol. The second-order valence-corrected chi connectivity index (χ2v) is 7.17. The Bertz CT molecular complexity index is 1260. The summed E-state index contributed by atoms with van der Waals surface area (Å²) in [4.78, 5) is 18.0. The van der Waals surface area contributed by atoms with Crippen LogP contribution in [0.15, 0.2) is 35.1 Å². The summed E-state index contributed by atoms with van der Waals surface area (Å²) in [6.07, 6.45) is -4.52. The maximum atomic E-state index is 13.0. The Hall–Kier alpha value is -2.85. The topological polar surface area (TPSA) is 69.9 Å². The number of rotatable bonds is 3. The number of fused-ring (bicyclic) bond motifs is 3. The lowest BCUT2D eigenvalue weighted by atomic mass is 10.1. The summed E-state index contributed by atoms with van der Waals surface area (Å²) >= 11 is 1.14. The number of nitrogens with zero attached hydrogens (tertiary/aromatic N) is 4. The molecule has 4 rings (SSSR count). The number of methoxy groups -OCH3 is 1. The minimum Gasteiger partial charge on any atom is -0.380 e. The largest absolute Gasteiger partial charge is 0.416 e. The van der Waals surface area contributed by atoms with Crippen LogP contribution < -0.4 is 5.56 Å². The van der Waals surface area contributed by atoms with Gasteiger partial charge in [-0.15, -0.1) is 16.4 Å². The Labute approximate surface area is 160 Å². The molecule has 4 aromatic rings. The van der Waals surface area contributed by atoms with E-state index in [-0.39, 0.29) is 10.4 Å². The monoisotopic (exact) mass is 406 g/mol. The van der Waals surface area contributed by atoms with Crippen molar-refractivity contribution in [1.82, 2.24) is 20.0 Å². The van der Waals surface area contributed by atoms with E-state index in [0.29, 0.717) is 22.3 Å². The van der Waals surface area contributed by atoms with Crippen LogP contribution in [0.5, 0.6) is 0 Å². The molecule has 3 aromatic heterocycles. The molecule has 0 aliphatic carbocycles. The Morgan fingerprint density at radius 2 is 2.04 bits per heavy atom. The first kappa shape index (κ1) is 18.5. The molecule has 0 fully saturated rings. The first-order valence-electron chi connectivity index (χ1n) is 8.15. The van der Waals surface area contributed by atoms with Gasteiger partial charge in [-0.1, -0.05) is 11.3 Å². The van der Waals surface area contributed by atoms with Crippen LogP contribution in [0.2, 0.25) is 0 Å². The molecule has 28 heavy (non-hydrogen) atoms. The van der Waals surface area contributed by atoms with Crippen molar-refractivity contribution in [3.8, 4) is 5.69 Å². The number of benzene rings is 1. The third kappa shape index (κ3) is 3.04. The van der Waals surface area contributed by atoms with Gasteiger partial charge in [-0.3, -0.25) is 4.79 Å². The van der Waals surface area contributed by atoms with Crippen LogP contribution in [0.1, 0.15) is 16.8 Å². The number of alkyl halides is 3. The van der Waals surface area contributed by atoms with E-state index in [0.717, 1.165) is 39.4 Å². The summed E-state index contributed by atoms with van der Waals surface area (Å²) in [6.45, 7) is 2.14. The highest BCUT2D eigenvalue weighted by atomic mass is 32.1. The van der Waals surface area contributed by atoms with Crippen LogP contribution in [-0.2, 0) is 17.5 Å². The molecule has 0 spiro atoms. The second kappa shape index (κ2) is 6.64. The molecule has 0 aliphatic rings. The lowest BCUT2D eigenvalue weighted by Gasteiger charge is -2.09. The van der Waals surface area contributed by atoms with Gasteiger partial charge in [0.1, 0.15) is 15.0 Å². The maximum absolute atomic E-state index is 13.0. The number of thiophene rings is 1. The van der Waals surface area contributed by atoms with Gasteiger partial charge in [0, 0.05) is 18.2 Å². The Kier molecular flexibility index (Phi) is 4.39. The molecule has 1 aromatic carbocycles. The molecule has 0 N–H and O–H groups in total. The Balaban J connectivity index is 1.97. The summed E-state index contributed by atoms with van der Waals surface area (Å²) in [7, 11) is 1.56. The van der Waals surface area contributed by atoms with Gasteiger partial charge in [0.25, 0.3) is 5.56 Å². The van der Waals surface area contributed by atoms with Crippen molar-refractivity contribution in [2.24, 2.45) is 0 Å². The van der Waals surface area contributed by atoms with Crippen molar-refractivity contribution < 1.29 is 17.9 Å². The van der Waals surface area contributed by atoms with Gasteiger partial charge in [-0.05, 0) is 36.8 Å². The fraction of sp³-hybridized carbons (Fsp3) is 0.222. The summed E-state index contributed by atoms with van der Waals surface area (Å²) < 4.78 is 45.3. The highest BCUT2D eigenvalue weighted by Gasteiger charge is 2.30. The van der Waals surface area contributed by atoms with Crippen LogP contribution in [0, 0.1) is 6.92 Å². The molecular formula is C18H13F3N4O2S. The van der Waals surface area contributed by atoms with E-state index in [9.17, 15) is 18.0 Å². The number of hydrogen-bond donors (Lipinski definition) is 0. The molecule has 0 atom stereocenters. The standard InChI is InChI=1S/C18H13F3N4O2S/c1-9-6-10(8-27-2)13-14-15(28-16(13)22-9)17(26)25(24-23-14)12-5-3-4-11(7-12)18(19,20)21/h3-7H,8H2,1-2H3. The highest BCUT2D eigenvalue weighted by molar-refractivity contribution is 7.25. The molecule has 0 aliphatic heterocycles. The quantitative estimate of drug-likeness (QED) is 0.517. The van der Waals surface area contributed by atoms with E-state index < -0.39 is 17.3 Å². The molecule has 0 amide bonds. The minimum absolute atomic E-state index is 0.00654. The second-order valence-electron chi connectivity index (χ2n) is 6.17. The summed E-state index contributed by atoms with van der Waals surface area (Å²) in [6, 6.07) is 6.25. The number of ether oxygens (including phenoxy) is 1. The fourth-order valence-corrected chi connectivity index (χ4v) is 4.14. The van der Waals surface area contributed by atoms with Gasteiger partial charge in [-0.25, -0.2) is 4.98 Å². The van der Waals surface area contributed by atoms with Gasteiger partial charge < -0.3 is 4.74 Å². The molecule has 0 unspecified atom stereocenters. The minimum atomic E-state index is -4.52. The average Bonchev–Trinajstić information content (AvgIpc) is 3.01. The number of halogens is 3. The molecule has 0 radical (unpaired) electrons. The number of pyridine rings is 1. The molecule has 0 saturated carbocycles.